The van der Waals surface area contributed by atoms with Gasteiger partial charge >= 0.3 is 5.97 Å². The van der Waals surface area contributed by atoms with Crippen molar-refractivity contribution in [2.24, 2.45) is 0 Å². The minimum Gasteiger partial charge on any atom is -0.488 e. The molecule has 0 aliphatic heterocycles. The number of aromatic nitrogens is 1. The van der Waals surface area contributed by atoms with Gasteiger partial charge in [0.05, 0.1) is 22.6 Å². The summed E-state index contributed by atoms with van der Waals surface area (Å²) in [5.74, 6) is 0.0553. The van der Waals surface area contributed by atoms with Crippen molar-refractivity contribution < 1.29 is 23.8 Å². The number of nitrogens with zero attached hydrogens (tertiary/aromatic N) is 1. The molecule has 0 radical (unpaired) electrons. The van der Waals surface area contributed by atoms with E-state index in [4.69, 9.17) is 9.47 Å². The van der Waals surface area contributed by atoms with Crippen LogP contribution in [0.2, 0.25) is 0 Å². The number of rotatable bonds is 9. The number of fused-ring (bicyclic) bond motifs is 1. The summed E-state index contributed by atoms with van der Waals surface area (Å²) in [5.41, 5.74) is 7.22. The van der Waals surface area contributed by atoms with Crippen LogP contribution in [-0.2, 0) is 23.4 Å². The van der Waals surface area contributed by atoms with E-state index in [1.807, 2.05) is 91.0 Å². The lowest BCUT2D eigenvalue weighted by Crippen LogP contribution is -2.43. The Morgan fingerprint density at radius 3 is 2.15 bits per heavy atom. The lowest BCUT2D eigenvalue weighted by Gasteiger charge is -2.44. The van der Waals surface area contributed by atoms with E-state index in [0.717, 1.165) is 50.3 Å². The molecule has 0 amide bonds. The van der Waals surface area contributed by atoms with E-state index in [9.17, 15) is 14.3 Å². The van der Waals surface area contributed by atoms with Gasteiger partial charge in [-0.15, -0.1) is 0 Å². The molecular weight excluding hydrogens is 589 g/mol. The fraction of sp³-hybridized carbons (Fsp3) is 0.195. The fourth-order valence-electron chi connectivity index (χ4n) is 6.81. The topological polar surface area (TPSA) is 60.7 Å². The van der Waals surface area contributed by atoms with Crippen LogP contribution in [0.5, 0.6) is 5.75 Å². The van der Waals surface area contributed by atoms with Crippen LogP contribution in [-0.4, -0.2) is 21.7 Å². The number of hydrogen-bond donors (Lipinski definition) is 1. The van der Waals surface area contributed by atoms with Gasteiger partial charge in [-0.05, 0) is 84.5 Å². The van der Waals surface area contributed by atoms with E-state index < -0.39 is 12.1 Å². The average molecular weight is 626 g/mol. The first kappa shape index (κ1) is 30.5. The first-order valence-corrected chi connectivity index (χ1v) is 15.9. The van der Waals surface area contributed by atoms with Gasteiger partial charge in [0.2, 0.25) is 0 Å². The molecule has 1 aliphatic rings. The maximum Gasteiger partial charge on any atom is 0.338 e. The Kier molecular flexibility index (Phi) is 8.12. The fourth-order valence-corrected chi connectivity index (χ4v) is 6.81. The average Bonchev–Trinajstić information content (AvgIpc) is 3.44. The molecule has 0 saturated heterocycles. The molecule has 1 N–H and O–H groups in total. The van der Waals surface area contributed by atoms with Gasteiger partial charge < -0.3 is 19.1 Å². The maximum atomic E-state index is 14.5. The molecule has 1 aliphatic carbocycles. The highest BCUT2D eigenvalue weighted by Crippen LogP contribution is 2.53. The molecule has 6 heteroatoms. The smallest absolute Gasteiger partial charge is 0.338 e. The van der Waals surface area contributed by atoms with Gasteiger partial charge in [-0.2, -0.15) is 0 Å². The summed E-state index contributed by atoms with van der Waals surface area (Å²) in [4.78, 5) is 13.0. The number of halogens is 1. The van der Waals surface area contributed by atoms with Crippen molar-refractivity contribution in [2.45, 2.75) is 51.4 Å². The van der Waals surface area contributed by atoms with Crippen LogP contribution in [0.3, 0.4) is 0 Å². The molecule has 5 aromatic carbocycles. The van der Waals surface area contributed by atoms with Crippen LogP contribution in [0.15, 0.2) is 121 Å². The van der Waals surface area contributed by atoms with Gasteiger partial charge in [0.25, 0.3) is 0 Å². The van der Waals surface area contributed by atoms with Crippen molar-refractivity contribution in [1.29, 1.82) is 0 Å². The van der Waals surface area contributed by atoms with Crippen LogP contribution < -0.4 is 4.74 Å². The third kappa shape index (κ3) is 5.93. The molecule has 0 spiro atoms. The predicted molar refractivity (Wildman–Crippen MR) is 182 cm³/mol. The predicted octanol–water partition coefficient (Wildman–Crippen LogP) is 9.09. The number of benzene rings is 5. The van der Waals surface area contributed by atoms with Crippen LogP contribution in [0.4, 0.5) is 4.39 Å². The number of esters is 1. The maximum absolute atomic E-state index is 14.5. The molecule has 1 saturated carbocycles. The van der Waals surface area contributed by atoms with Crippen molar-refractivity contribution in [3.63, 3.8) is 0 Å². The summed E-state index contributed by atoms with van der Waals surface area (Å²) < 4.78 is 28.9. The minimum atomic E-state index is -0.412. The Balaban J connectivity index is 1.38. The molecule has 5 nitrogen and oxygen atoms in total. The van der Waals surface area contributed by atoms with E-state index >= 15 is 0 Å². The molecule has 1 heterocycles. The Labute approximate surface area is 273 Å². The van der Waals surface area contributed by atoms with E-state index in [-0.39, 0.29) is 17.8 Å². The molecular formula is C41H36FNO4. The summed E-state index contributed by atoms with van der Waals surface area (Å²) in [5, 5.41) is 11.5. The largest absolute Gasteiger partial charge is 0.488 e. The number of aliphatic hydroxyl groups excluding tert-OH is 1. The summed E-state index contributed by atoms with van der Waals surface area (Å²) in [6, 6.07) is 38.3. The number of aryl methyl sites for hydroxylation is 1. The van der Waals surface area contributed by atoms with Gasteiger partial charge in [0, 0.05) is 22.4 Å². The minimum absolute atomic E-state index is 0.193. The molecule has 1 aromatic heterocycles. The monoisotopic (exact) mass is 625 g/mol. The van der Waals surface area contributed by atoms with Crippen molar-refractivity contribution >= 4 is 16.9 Å². The highest BCUT2D eigenvalue weighted by atomic mass is 19.1. The van der Waals surface area contributed by atoms with Gasteiger partial charge in [-0.25, -0.2) is 9.18 Å². The van der Waals surface area contributed by atoms with E-state index in [0.29, 0.717) is 30.6 Å². The second-order valence-electron chi connectivity index (χ2n) is 12.7. The number of hydrogen-bond acceptors (Lipinski definition) is 4. The number of carbonyl (C=O) groups is 1. The van der Waals surface area contributed by atoms with Crippen molar-refractivity contribution in [2.75, 3.05) is 0 Å². The van der Waals surface area contributed by atoms with Gasteiger partial charge in [-0.1, -0.05) is 85.8 Å². The van der Waals surface area contributed by atoms with Crippen molar-refractivity contribution in [3.05, 3.63) is 155 Å². The van der Waals surface area contributed by atoms with Crippen LogP contribution >= 0.6 is 0 Å². The zero-order chi connectivity index (χ0) is 32.5. The molecule has 7 rings (SSSR count). The molecule has 0 bridgehead atoms. The van der Waals surface area contributed by atoms with Crippen molar-refractivity contribution in [3.8, 4) is 22.6 Å². The Morgan fingerprint density at radius 1 is 0.851 bits per heavy atom. The van der Waals surface area contributed by atoms with E-state index in [1.165, 1.54) is 6.07 Å². The summed E-state index contributed by atoms with van der Waals surface area (Å²) >= 11 is 0. The third-order valence-corrected chi connectivity index (χ3v) is 9.16. The zero-order valence-corrected chi connectivity index (χ0v) is 26.4. The molecule has 0 unspecified atom stereocenters. The van der Waals surface area contributed by atoms with Crippen molar-refractivity contribution in [1.82, 2.24) is 4.57 Å². The second-order valence-corrected chi connectivity index (χ2v) is 12.7. The number of ether oxygens (including phenoxy) is 2. The zero-order valence-electron chi connectivity index (χ0n) is 26.4. The normalized spacial score (nSPS) is 17.3. The van der Waals surface area contributed by atoms with Gasteiger partial charge in [0.1, 0.15) is 24.8 Å². The standard InChI is InChI=1S/C41H36FNO4/c1-27-22-32(20-21-34(27)42)43-35-14-9-15-36(46-25-28-10-5-3-6-11-28)38(35)37(39(43)41(2)23-33(44)24-41)30-16-18-31(19-17-30)40(45)47-26-29-12-7-4-8-13-29/h3-22,33,44H,23-26H2,1-2H3. The van der Waals surface area contributed by atoms with Crippen LogP contribution in [0.25, 0.3) is 27.7 Å². The Hall–Kier alpha value is -5.20. The van der Waals surface area contributed by atoms with Gasteiger partial charge in [0.15, 0.2) is 0 Å². The molecule has 0 atom stereocenters. The number of aliphatic hydroxyl groups is 1. The van der Waals surface area contributed by atoms with Gasteiger partial charge in [-0.3, -0.25) is 0 Å². The lowest BCUT2D eigenvalue weighted by molar-refractivity contribution is 0.0249. The summed E-state index contributed by atoms with van der Waals surface area (Å²) in [6.07, 6.45) is 0.756. The van der Waals surface area contributed by atoms with Crippen LogP contribution in [0, 0.1) is 12.7 Å². The SMILES string of the molecule is Cc1cc(-n2c(C3(C)CC(O)C3)c(-c3ccc(C(=O)OCc4ccccc4)cc3)c3c(OCc4ccccc4)cccc32)ccc1F. The highest BCUT2D eigenvalue weighted by Gasteiger charge is 2.45. The first-order valence-electron chi connectivity index (χ1n) is 15.9. The second kappa shape index (κ2) is 12.5. The van der Waals surface area contributed by atoms with E-state index in [2.05, 4.69) is 17.6 Å². The van der Waals surface area contributed by atoms with Crippen LogP contribution in [0.1, 0.15) is 52.5 Å². The first-order chi connectivity index (χ1) is 22.8. The highest BCUT2D eigenvalue weighted by molar-refractivity contribution is 6.04. The molecule has 47 heavy (non-hydrogen) atoms. The third-order valence-electron chi connectivity index (χ3n) is 9.16. The molecule has 1 fully saturated rings. The Bertz CT molecular complexity index is 2050. The Morgan fingerprint density at radius 2 is 1.51 bits per heavy atom. The van der Waals surface area contributed by atoms with E-state index in [1.54, 1.807) is 25.1 Å². The number of carbonyl (C=O) groups excluding carboxylic acids is 1. The lowest BCUT2D eigenvalue weighted by atomic mass is 9.64. The quantitative estimate of drug-likeness (QED) is 0.163. The summed E-state index contributed by atoms with van der Waals surface area (Å²) in [6.45, 7) is 4.52. The molecule has 6 aromatic rings. The summed E-state index contributed by atoms with van der Waals surface area (Å²) in [7, 11) is 0. The molecule has 236 valence electrons.